The van der Waals surface area contributed by atoms with Crippen molar-refractivity contribution in [3.63, 3.8) is 0 Å². The number of thiophene rings is 1. The number of benzene rings is 2. The standard InChI is InChI=1S/C23H25N3O2S/c1-2-17-9-6-7-12-19(17)26-22(28)16-24-21(27)15-25-23(20-13-8-14-29-20)18-10-4-3-5-11-18/h3-14,23,25H,2,15-16H2,1H3,(H,24,27)(H,26,28)/p+1/t23-/m1/s1. The van der Waals surface area contributed by atoms with Crippen LogP contribution in [0.25, 0.3) is 0 Å². The highest BCUT2D eigenvalue weighted by Gasteiger charge is 2.20. The SMILES string of the molecule is CCc1ccccc1NC(=O)CNC(=O)C[NH2+][C@H](c1ccccc1)c1cccs1. The van der Waals surface area contributed by atoms with Crippen LogP contribution in [-0.4, -0.2) is 24.9 Å². The Hall–Kier alpha value is -2.96. The molecular formula is C23H26N3O2S+. The van der Waals surface area contributed by atoms with Gasteiger partial charge in [0.1, 0.15) is 6.04 Å². The third-order valence-corrected chi connectivity index (χ3v) is 5.62. The van der Waals surface area contributed by atoms with Crippen molar-refractivity contribution in [1.82, 2.24) is 5.32 Å². The summed E-state index contributed by atoms with van der Waals surface area (Å²) in [4.78, 5) is 25.7. The smallest absolute Gasteiger partial charge is 0.275 e. The van der Waals surface area contributed by atoms with E-state index in [4.69, 9.17) is 0 Å². The zero-order chi connectivity index (χ0) is 20.5. The van der Waals surface area contributed by atoms with Crippen LogP contribution in [0.3, 0.4) is 0 Å². The normalized spacial score (nSPS) is 11.6. The molecule has 29 heavy (non-hydrogen) atoms. The number of nitrogens with one attached hydrogen (secondary N) is 2. The van der Waals surface area contributed by atoms with E-state index in [9.17, 15) is 9.59 Å². The number of hydrogen-bond acceptors (Lipinski definition) is 3. The summed E-state index contributed by atoms with van der Waals surface area (Å²) in [6.45, 7) is 2.25. The van der Waals surface area contributed by atoms with E-state index >= 15 is 0 Å². The lowest BCUT2D eigenvalue weighted by molar-refractivity contribution is -0.676. The van der Waals surface area contributed by atoms with Gasteiger partial charge in [-0.3, -0.25) is 9.59 Å². The van der Waals surface area contributed by atoms with Gasteiger partial charge in [0.05, 0.1) is 11.4 Å². The summed E-state index contributed by atoms with van der Waals surface area (Å²) in [6, 6.07) is 22.0. The number of amides is 2. The Balaban J connectivity index is 1.51. The van der Waals surface area contributed by atoms with Gasteiger partial charge in [-0.25, -0.2) is 0 Å². The van der Waals surface area contributed by atoms with Crippen molar-refractivity contribution in [2.45, 2.75) is 19.4 Å². The molecule has 2 aromatic carbocycles. The molecule has 0 aliphatic rings. The van der Waals surface area contributed by atoms with Crippen molar-refractivity contribution >= 4 is 28.8 Å². The molecule has 2 amide bonds. The lowest BCUT2D eigenvalue weighted by Crippen LogP contribution is -2.87. The molecule has 5 nitrogen and oxygen atoms in total. The average molecular weight is 409 g/mol. The number of quaternary nitrogens is 1. The van der Waals surface area contributed by atoms with Crippen LogP contribution in [0.5, 0.6) is 0 Å². The highest BCUT2D eigenvalue weighted by Crippen LogP contribution is 2.22. The molecular weight excluding hydrogens is 382 g/mol. The van der Waals surface area contributed by atoms with E-state index < -0.39 is 0 Å². The lowest BCUT2D eigenvalue weighted by atomic mass is 10.1. The van der Waals surface area contributed by atoms with Gasteiger partial charge in [-0.05, 0) is 29.5 Å². The molecule has 1 aromatic heterocycles. The second-order valence-electron chi connectivity index (χ2n) is 6.68. The van der Waals surface area contributed by atoms with E-state index in [-0.39, 0.29) is 30.9 Å². The summed E-state index contributed by atoms with van der Waals surface area (Å²) in [5.41, 5.74) is 3.02. The molecule has 0 aliphatic heterocycles. The quantitative estimate of drug-likeness (QED) is 0.509. The summed E-state index contributed by atoms with van der Waals surface area (Å²) in [6.07, 6.45) is 0.835. The Morgan fingerprint density at radius 3 is 2.45 bits per heavy atom. The van der Waals surface area contributed by atoms with Gasteiger partial charge in [0.25, 0.3) is 5.91 Å². The second-order valence-corrected chi connectivity index (χ2v) is 7.66. The lowest BCUT2D eigenvalue weighted by Gasteiger charge is -2.15. The Labute approximate surface area is 175 Å². The van der Waals surface area contributed by atoms with Crippen molar-refractivity contribution in [3.8, 4) is 0 Å². The zero-order valence-corrected chi connectivity index (χ0v) is 17.2. The van der Waals surface area contributed by atoms with E-state index in [1.54, 1.807) is 11.3 Å². The second kappa shape index (κ2) is 10.5. The maximum atomic E-state index is 12.3. The molecule has 0 fully saturated rings. The fraction of sp³-hybridized carbons (Fsp3) is 0.217. The molecule has 1 heterocycles. The van der Waals surface area contributed by atoms with Crippen LogP contribution >= 0.6 is 11.3 Å². The molecule has 0 spiro atoms. The van der Waals surface area contributed by atoms with Gasteiger partial charge in [-0.2, -0.15) is 0 Å². The van der Waals surface area contributed by atoms with Crippen molar-refractivity contribution in [2.75, 3.05) is 18.4 Å². The molecule has 1 atom stereocenters. The fourth-order valence-electron chi connectivity index (χ4n) is 3.17. The van der Waals surface area contributed by atoms with E-state index in [1.165, 1.54) is 4.88 Å². The molecule has 6 heteroatoms. The van der Waals surface area contributed by atoms with Crippen LogP contribution < -0.4 is 16.0 Å². The van der Waals surface area contributed by atoms with Crippen molar-refractivity contribution in [3.05, 3.63) is 88.1 Å². The number of rotatable bonds is 9. The maximum Gasteiger partial charge on any atom is 0.275 e. The van der Waals surface area contributed by atoms with Crippen molar-refractivity contribution in [2.24, 2.45) is 0 Å². The van der Waals surface area contributed by atoms with Gasteiger partial charge in [0, 0.05) is 11.3 Å². The largest absolute Gasteiger partial charge is 0.342 e. The number of anilines is 1. The predicted octanol–water partition coefficient (Wildman–Crippen LogP) is 2.72. The molecule has 3 aromatic rings. The van der Waals surface area contributed by atoms with Crippen molar-refractivity contribution < 1.29 is 14.9 Å². The van der Waals surface area contributed by atoms with E-state index in [1.807, 2.05) is 66.2 Å². The minimum Gasteiger partial charge on any atom is -0.342 e. The van der Waals surface area contributed by atoms with Crippen LogP contribution in [0.15, 0.2) is 72.1 Å². The van der Waals surface area contributed by atoms with E-state index in [0.29, 0.717) is 0 Å². The van der Waals surface area contributed by atoms with E-state index in [0.717, 1.165) is 23.2 Å². The minimum atomic E-state index is -0.225. The fourth-order valence-corrected chi connectivity index (χ4v) is 4.02. The number of carbonyl (C=O) groups excluding carboxylic acids is 2. The number of carbonyl (C=O) groups is 2. The zero-order valence-electron chi connectivity index (χ0n) is 16.4. The molecule has 3 rings (SSSR count). The first kappa shape index (κ1) is 20.8. The molecule has 0 aliphatic carbocycles. The monoisotopic (exact) mass is 408 g/mol. The van der Waals surface area contributed by atoms with Gasteiger partial charge in [-0.15, -0.1) is 11.3 Å². The summed E-state index contributed by atoms with van der Waals surface area (Å²) >= 11 is 1.67. The van der Waals surface area contributed by atoms with Crippen LogP contribution in [0.4, 0.5) is 5.69 Å². The molecule has 0 unspecified atom stereocenters. The van der Waals surface area contributed by atoms with Gasteiger partial charge in [-0.1, -0.05) is 61.5 Å². The predicted molar refractivity (Wildman–Crippen MR) is 117 cm³/mol. The maximum absolute atomic E-state index is 12.3. The Bertz CT molecular complexity index is 926. The van der Waals surface area contributed by atoms with Gasteiger partial charge >= 0.3 is 0 Å². The van der Waals surface area contributed by atoms with Gasteiger partial charge < -0.3 is 16.0 Å². The molecule has 4 N–H and O–H groups in total. The summed E-state index contributed by atoms with van der Waals surface area (Å²) in [5, 5.41) is 9.62. The summed E-state index contributed by atoms with van der Waals surface area (Å²) in [7, 11) is 0. The molecule has 0 bridgehead atoms. The molecule has 0 radical (unpaired) electrons. The van der Waals surface area contributed by atoms with Crippen LogP contribution in [0.2, 0.25) is 0 Å². The molecule has 150 valence electrons. The van der Waals surface area contributed by atoms with Gasteiger partial charge in [0.2, 0.25) is 5.91 Å². The topological polar surface area (TPSA) is 74.8 Å². The third kappa shape index (κ3) is 6.01. The molecule has 0 saturated heterocycles. The summed E-state index contributed by atoms with van der Waals surface area (Å²) in [5.74, 6) is -0.390. The Morgan fingerprint density at radius 1 is 0.966 bits per heavy atom. The number of hydrogen-bond donors (Lipinski definition) is 3. The first-order valence-electron chi connectivity index (χ1n) is 9.73. The first-order chi connectivity index (χ1) is 14.2. The molecule has 0 saturated carbocycles. The third-order valence-electron chi connectivity index (χ3n) is 4.67. The van der Waals surface area contributed by atoms with Crippen LogP contribution in [-0.2, 0) is 16.0 Å². The van der Waals surface area contributed by atoms with Crippen molar-refractivity contribution in [1.29, 1.82) is 0 Å². The van der Waals surface area contributed by atoms with Crippen LogP contribution in [0.1, 0.15) is 29.0 Å². The van der Waals surface area contributed by atoms with Crippen LogP contribution in [0, 0.1) is 0 Å². The average Bonchev–Trinajstić information content (AvgIpc) is 3.28. The Kier molecular flexibility index (Phi) is 7.55. The van der Waals surface area contributed by atoms with Gasteiger partial charge in [0.15, 0.2) is 6.54 Å². The first-order valence-corrected chi connectivity index (χ1v) is 10.6. The number of nitrogens with two attached hydrogens (primary N) is 1. The summed E-state index contributed by atoms with van der Waals surface area (Å²) < 4.78 is 0. The number of para-hydroxylation sites is 1. The number of aryl methyl sites for hydroxylation is 1. The Morgan fingerprint density at radius 2 is 1.72 bits per heavy atom. The highest BCUT2D eigenvalue weighted by atomic mass is 32.1. The minimum absolute atomic E-state index is 0.0419. The van der Waals surface area contributed by atoms with E-state index in [2.05, 4.69) is 28.8 Å². The highest BCUT2D eigenvalue weighted by molar-refractivity contribution is 7.10.